The van der Waals surface area contributed by atoms with E-state index in [0.717, 1.165) is 6.07 Å². The normalized spacial score (nSPS) is 16.1. The molecule has 8 nitrogen and oxygen atoms in total. The highest BCUT2D eigenvalue weighted by Crippen LogP contribution is 2.42. The third-order valence-corrected chi connectivity index (χ3v) is 5.54. The number of benzene rings is 1. The smallest absolute Gasteiger partial charge is 0.350 e. The van der Waals surface area contributed by atoms with Crippen molar-refractivity contribution in [1.82, 2.24) is 9.24 Å². The zero-order valence-corrected chi connectivity index (χ0v) is 16.9. The Balaban J connectivity index is 2.11. The number of ether oxygens (including phenoxy) is 1. The number of hydrogen-bond acceptors (Lipinski definition) is 6. The molecule has 0 aliphatic heterocycles. The number of hydrogen-bond donors (Lipinski definition) is 2. The zero-order chi connectivity index (χ0) is 22.3. The molecule has 0 radical (unpaired) electrons. The number of alkyl halides is 2. The van der Waals surface area contributed by atoms with Crippen LogP contribution in [0.5, 0.6) is 5.75 Å². The van der Waals surface area contributed by atoms with E-state index in [1.807, 2.05) is 0 Å². The minimum atomic E-state index is -2.87. The molecule has 0 spiro atoms. The van der Waals surface area contributed by atoms with Gasteiger partial charge >= 0.3 is 5.69 Å². The van der Waals surface area contributed by atoms with E-state index in [1.165, 1.54) is 30.5 Å². The van der Waals surface area contributed by atoms with E-state index in [2.05, 4.69) is 0 Å². The van der Waals surface area contributed by atoms with Crippen molar-refractivity contribution in [2.75, 3.05) is 31.4 Å². The Morgan fingerprint density at radius 1 is 1.37 bits per heavy atom. The molecule has 2 unspecified atom stereocenters. The first-order valence-corrected chi connectivity index (χ1v) is 9.60. The summed E-state index contributed by atoms with van der Waals surface area (Å²) in [5.41, 5.74) is -1.42. The van der Waals surface area contributed by atoms with Crippen LogP contribution < -0.4 is 26.7 Å². The molecule has 3 N–H and O–H groups in total. The highest BCUT2D eigenvalue weighted by molar-refractivity contribution is 5.91. The lowest BCUT2D eigenvalue weighted by Crippen LogP contribution is -2.44. The molecular formula is C19H25F3N4O4. The van der Waals surface area contributed by atoms with Crippen molar-refractivity contribution >= 4 is 16.6 Å². The van der Waals surface area contributed by atoms with Gasteiger partial charge < -0.3 is 20.6 Å². The van der Waals surface area contributed by atoms with Crippen molar-refractivity contribution < 1.29 is 23.0 Å². The third kappa shape index (κ3) is 3.73. The monoisotopic (exact) mass is 430 g/mol. The van der Waals surface area contributed by atoms with Gasteiger partial charge in [0.1, 0.15) is 17.3 Å². The van der Waals surface area contributed by atoms with E-state index in [-0.39, 0.29) is 41.3 Å². The topological polar surface area (TPSA) is 103 Å². The number of nitrogens with zero attached hydrogens (tertiary/aromatic N) is 3. The standard InChI is InChI=1S/C19H25F3N4O4/c1-9(15(27)17(21)22)6-7-24(2)14-12(20)8-11-13(16(14)30-3)25(10-4-5-10)19(29)26(23)18(11)28/h8-10,15,17,27H,4-7,23H2,1-3H3. The minimum absolute atomic E-state index is 0.00346. The van der Waals surface area contributed by atoms with E-state index < -0.39 is 35.5 Å². The van der Waals surface area contributed by atoms with Gasteiger partial charge in [-0.25, -0.2) is 18.0 Å². The summed E-state index contributed by atoms with van der Waals surface area (Å²) in [6.45, 7) is 1.61. The third-order valence-electron chi connectivity index (χ3n) is 5.54. The predicted octanol–water partition coefficient (Wildman–Crippen LogP) is 1.45. The molecule has 2 aromatic rings. The number of methoxy groups -OCH3 is 1. The van der Waals surface area contributed by atoms with Crippen LogP contribution in [0.25, 0.3) is 10.9 Å². The summed E-state index contributed by atoms with van der Waals surface area (Å²) in [5.74, 6) is 4.09. The fraction of sp³-hybridized carbons (Fsp3) is 0.579. The number of aliphatic hydroxyl groups is 1. The van der Waals surface area contributed by atoms with Gasteiger partial charge in [-0.3, -0.25) is 9.36 Å². The van der Waals surface area contributed by atoms with Gasteiger partial charge in [0, 0.05) is 19.6 Å². The first-order chi connectivity index (χ1) is 14.1. The van der Waals surface area contributed by atoms with E-state index in [9.17, 15) is 23.5 Å². The Bertz CT molecular complexity index is 1060. The molecule has 30 heavy (non-hydrogen) atoms. The molecule has 0 saturated heterocycles. The van der Waals surface area contributed by atoms with Gasteiger partial charge in [-0.2, -0.15) is 4.68 Å². The molecule has 2 atom stereocenters. The first-order valence-electron chi connectivity index (χ1n) is 9.60. The maximum absolute atomic E-state index is 15.0. The van der Waals surface area contributed by atoms with Gasteiger partial charge in [0.25, 0.3) is 12.0 Å². The molecule has 1 saturated carbocycles. The second kappa shape index (κ2) is 8.21. The Morgan fingerprint density at radius 2 is 2.00 bits per heavy atom. The van der Waals surface area contributed by atoms with Crippen LogP contribution >= 0.6 is 0 Å². The lowest BCUT2D eigenvalue weighted by Gasteiger charge is -2.26. The number of rotatable bonds is 8. The highest BCUT2D eigenvalue weighted by atomic mass is 19.3. The van der Waals surface area contributed by atoms with Crippen molar-refractivity contribution in [1.29, 1.82) is 0 Å². The molecule has 1 heterocycles. The Hall–Kier alpha value is -2.69. The maximum atomic E-state index is 15.0. The van der Waals surface area contributed by atoms with E-state index in [4.69, 9.17) is 10.6 Å². The first kappa shape index (κ1) is 22.0. The number of fused-ring (bicyclic) bond motifs is 1. The Labute approximate surface area is 170 Å². The molecular weight excluding hydrogens is 405 g/mol. The Kier molecular flexibility index (Phi) is 6.02. The van der Waals surface area contributed by atoms with Crippen molar-refractivity contribution in [3.8, 4) is 5.75 Å². The quantitative estimate of drug-likeness (QED) is 0.615. The highest BCUT2D eigenvalue weighted by Gasteiger charge is 2.32. The predicted molar refractivity (Wildman–Crippen MR) is 106 cm³/mol. The van der Waals surface area contributed by atoms with Gasteiger partial charge in [-0.15, -0.1) is 0 Å². The number of aromatic nitrogens is 2. The molecule has 1 fully saturated rings. The number of nitrogen functional groups attached to an aromatic ring is 1. The average Bonchev–Trinajstić information content (AvgIpc) is 3.54. The van der Waals surface area contributed by atoms with Crippen LogP contribution in [0.2, 0.25) is 0 Å². The molecule has 0 bridgehead atoms. The van der Waals surface area contributed by atoms with Gasteiger partial charge in [0.15, 0.2) is 11.6 Å². The van der Waals surface area contributed by atoms with Gasteiger partial charge in [0.2, 0.25) is 0 Å². The van der Waals surface area contributed by atoms with Crippen molar-refractivity contribution in [3.05, 3.63) is 32.7 Å². The van der Waals surface area contributed by atoms with Crippen LogP contribution in [0.3, 0.4) is 0 Å². The SMILES string of the molecule is COc1c(N(C)CCC(C)C(O)C(F)F)c(F)cc2c(=O)n(N)c(=O)n(C3CC3)c12. The molecule has 1 aliphatic rings. The summed E-state index contributed by atoms with van der Waals surface area (Å²) in [4.78, 5) is 26.6. The van der Waals surface area contributed by atoms with Crippen LogP contribution in [-0.2, 0) is 0 Å². The van der Waals surface area contributed by atoms with Crippen molar-refractivity contribution in [2.45, 2.75) is 44.8 Å². The summed E-state index contributed by atoms with van der Waals surface area (Å²) < 4.78 is 47.6. The molecule has 3 rings (SSSR count). The summed E-state index contributed by atoms with van der Waals surface area (Å²) in [7, 11) is 2.84. The van der Waals surface area contributed by atoms with Crippen LogP contribution in [-0.4, -0.2) is 47.6 Å². The van der Waals surface area contributed by atoms with E-state index in [0.29, 0.717) is 17.5 Å². The van der Waals surface area contributed by atoms with E-state index in [1.54, 1.807) is 0 Å². The number of halogens is 3. The van der Waals surface area contributed by atoms with Crippen LogP contribution in [0.4, 0.5) is 18.9 Å². The number of anilines is 1. The largest absolute Gasteiger partial charge is 0.492 e. The lowest BCUT2D eigenvalue weighted by atomic mass is 10.0. The van der Waals surface area contributed by atoms with E-state index >= 15 is 4.39 Å². The molecule has 166 valence electrons. The second-order valence-electron chi connectivity index (χ2n) is 7.71. The van der Waals surface area contributed by atoms with Gasteiger partial charge in [-0.05, 0) is 31.2 Å². The number of aliphatic hydroxyl groups excluding tert-OH is 1. The summed E-state index contributed by atoms with van der Waals surface area (Å²) in [6, 6.07) is 0.833. The Morgan fingerprint density at radius 3 is 2.53 bits per heavy atom. The fourth-order valence-corrected chi connectivity index (χ4v) is 3.59. The average molecular weight is 430 g/mol. The molecule has 1 aliphatic carbocycles. The lowest BCUT2D eigenvalue weighted by molar-refractivity contribution is -0.0356. The van der Waals surface area contributed by atoms with Crippen LogP contribution in [0.1, 0.15) is 32.2 Å². The fourth-order valence-electron chi connectivity index (χ4n) is 3.59. The number of nitrogens with two attached hydrogens (primary N) is 1. The maximum Gasteiger partial charge on any atom is 0.350 e. The summed E-state index contributed by atoms with van der Waals surface area (Å²) >= 11 is 0. The van der Waals surface area contributed by atoms with Crippen LogP contribution in [0, 0.1) is 11.7 Å². The van der Waals surface area contributed by atoms with Crippen molar-refractivity contribution in [3.63, 3.8) is 0 Å². The molecule has 11 heteroatoms. The molecule has 1 aromatic heterocycles. The van der Waals surface area contributed by atoms with Crippen molar-refractivity contribution in [2.24, 2.45) is 5.92 Å². The summed E-state index contributed by atoms with van der Waals surface area (Å²) in [6.07, 6.45) is -3.08. The minimum Gasteiger partial charge on any atom is -0.492 e. The van der Waals surface area contributed by atoms with Gasteiger partial charge in [0.05, 0.1) is 12.5 Å². The zero-order valence-electron chi connectivity index (χ0n) is 16.9. The summed E-state index contributed by atoms with van der Waals surface area (Å²) in [5, 5.41) is 9.43. The van der Waals surface area contributed by atoms with Crippen LogP contribution in [0.15, 0.2) is 15.7 Å². The van der Waals surface area contributed by atoms with Gasteiger partial charge in [-0.1, -0.05) is 6.92 Å². The molecule has 1 aromatic carbocycles. The molecule has 0 amide bonds. The second-order valence-corrected chi connectivity index (χ2v) is 7.71.